The number of alkyl halides is 1. The van der Waals surface area contributed by atoms with Gasteiger partial charge in [-0.3, -0.25) is 0 Å². The minimum absolute atomic E-state index is 0.122. The molecule has 1 aromatic carbocycles. The lowest BCUT2D eigenvalue weighted by Gasteiger charge is -2.19. The fraction of sp³-hybridized carbons (Fsp3) is 0.571. The van der Waals surface area contributed by atoms with Gasteiger partial charge in [-0.05, 0) is 36.6 Å². The lowest BCUT2D eigenvalue weighted by molar-refractivity contribution is 0.542. The molecule has 0 aliphatic heterocycles. The number of halogens is 1. The molecule has 0 fully saturated rings. The molecule has 108 valence electrons. The highest BCUT2D eigenvalue weighted by Gasteiger charge is 2.12. The molecule has 1 rings (SSSR count). The Kier molecular flexibility index (Phi) is 6.14. The molecule has 1 atom stereocenters. The monoisotopic (exact) mass is 303 g/mol. The highest BCUT2D eigenvalue weighted by Crippen LogP contribution is 2.18. The number of nitrogens with one attached hydrogen (secondary N) is 1. The summed E-state index contributed by atoms with van der Waals surface area (Å²) in [5.74, 6) is 1.22. The molecule has 0 bridgehead atoms. The van der Waals surface area contributed by atoms with Crippen molar-refractivity contribution in [1.82, 2.24) is 0 Å². The molecule has 0 aliphatic rings. The molecule has 3 nitrogen and oxygen atoms in total. The van der Waals surface area contributed by atoms with E-state index >= 15 is 0 Å². The summed E-state index contributed by atoms with van der Waals surface area (Å²) in [5.41, 5.74) is 0.904. The second-order valence-electron chi connectivity index (χ2n) is 5.05. The van der Waals surface area contributed by atoms with Crippen molar-refractivity contribution in [2.75, 3.05) is 16.9 Å². The molecular formula is C14H22ClNO2S. The van der Waals surface area contributed by atoms with Gasteiger partial charge in [-0.25, -0.2) is 8.42 Å². The highest BCUT2D eigenvalue weighted by molar-refractivity contribution is 7.91. The molecule has 0 saturated heterocycles. The molecule has 0 radical (unpaired) electrons. The summed E-state index contributed by atoms with van der Waals surface area (Å²) in [7, 11) is -3.12. The Hall–Kier alpha value is -0.740. The summed E-state index contributed by atoms with van der Waals surface area (Å²) in [6.45, 7) is 5.95. The molecule has 0 aliphatic carbocycles. The van der Waals surface area contributed by atoms with Crippen molar-refractivity contribution in [2.24, 2.45) is 5.92 Å². The van der Waals surface area contributed by atoms with E-state index in [0.29, 0.717) is 16.7 Å². The van der Waals surface area contributed by atoms with Crippen LogP contribution in [0.15, 0.2) is 29.2 Å². The maximum Gasteiger partial charge on any atom is 0.178 e. The number of anilines is 1. The van der Waals surface area contributed by atoms with Crippen LogP contribution in [0.25, 0.3) is 0 Å². The van der Waals surface area contributed by atoms with Gasteiger partial charge in [0, 0.05) is 17.6 Å². The molecule has 5 heteroatoms. The van der Waals surface area contributed by atoms with E-state index in [2.05, 4.69) is 19.2 Å². The van der Waals surface area contributed by atoms with Gasteiger partial charge in [0.15, 0.2) is 9.84 Å². The lowest BCUT2D eigenvalue weighted by Crippen LogP contribution is -2.23. The van der Waals surface area contributed by atoms with E-state index in [0.717, 1.165) is 12.1 Å². The standard InChI is InChI=1S/C14H22ClNO2S/c1-4-19(17,18)14-7-5-12(6-8-14)16-13(10-15)9-11(2)3/h5-8,11,13,16H,4,9-10H2,1-3H3. The second kappa shape index (κ2) is 7.15. The topological polar surface area (TPSA) is 46.2 Å². The van der Waals surface area contributed by atoms with Crippen LogP contribution in [0.4, 0.5) is 5.69 Å². The SMILES string of the molecule is CCS(=O)(=O)c1ccc(NC(CCl)CC(C)C)cc1. The number of rotatable bonds is 7. The van der Waals surface area contributed by atoms with Gasteiger partial charge in [0.2, 0.25) is 0 Å². The third-order valence-corrected chi connectivity index (χ3v) is 5.03. The number of sulfone groups is 1. The predicted molar refractivity (Wildman–Crippen MR) is 81.8 cm³/mol. The van der Waals surface area contributed by atoms with Gasteiger partial charge in [0.25, 0.3) is 0 Å². The van der Waals surface area contributed by atoms with E-state index in [-0.39, 0.29) is 11.8 Å². The van der Waals surface area contributed by atoms with E-state index in [9.17, 15) is 8.42 Å². The van der Waals surface area contributed by atoms with Gasteiger partial charge in [-0.1, -0.05) is 20.8 Å². The maximum atomic E-state index is 11.7. The van der Waals surface area contributed by atoms with Crippen LogP contribution >= 0.6 is 11.6 Å². The smallest absolute Gasteiger partial charge is 0.178 e. The van der Waals surface area contributed by atoms with Crippen molar-refractivity contribution < 1.29 is 8.42 Å². The molecule has 1 unspecified atom stereocenters. The van der Waals surface area contributed by atoms with E-state index in [4.69, 9.17) is 11.6 Å². The Balaban J connectivity index is 2.76. The molecular weight excluding hydrogens is 282 g/mol. The van der Waals surface area contributed by atoms with E-state index in [1.165, 1.54) is 0 Å². The Morgan fingerprint density at radius 3 is 2.21 bits per heavy atom. The van der Waals surface area contributed by atoms with Crippen molar-refractivity contribution >= 4 is 27.1 Å². The molecule has 19 heavy (non-hydrogen) atoms. The predicted octanol–water partition coefficient (Wildman–Crippen LogP) is 3.55. The molecule has 0 spiro atoms. The summed E-state index contributed by atoms with van der Waals surface area (Å²) in [6, 6.07) is 7.07. The Labute approximate surface area is 121 Å². The van der Waals surface area contributed by atoms with Crippen LogP contribution in [0.2, 0.25) is 0 Å². The minimum atomic E-state index is -3.12. The number of benzene rings is 1. The first-order chi connectivity index (χ1) is 8.89. The summed E-state index contributed by atoms with van der Waals surface area (Å²) < 4.78 is 23.4. The largest absolute Gasteiger partial charge is 0.381 e. The Morgan fingerprint density at radius 2 is 1.79 bits per heavy atom. The third-order valence-electron chi connectivity index (χ3n) is 2.91. The number of hydrogen-bond donors (Lipinski definition) is 1. The number of hydrogen-bond acceptors (Lipinski definition) is 3. The second-order valence-corrected chi connectivity index (χ2v) is 7.64. The average molecular weight is 304 g/mol. The van der Waals surface area contributed by atoms with Crippen molar-refractivity contribution in [3.8, 4) is 0 Å². The summed E-state index contributed by atoms with van der Waals surface area (Å²) in [6.07, 6.45) is 0.985. The van der Waals surface area contributed by atoms with Crippen molar-refractivity contribution in [3.63, 3.8) is 0 Å². The lowest BCUT2D eigenvalue weighted by atomic mass is 10.0. The first-order valence-corrected chi connectivity index (χ1v) is 8.73. The van der Waals surface area contributed by atoms with Crippen LogP contribution in [0.3, 0.4) is 0 Å². The van der Waals surface area contributed by atoms with Gasteiger partial charge in [0.05, 0.1) is 10.6 Å². The van der Waals surface area contributed by atoms with E-state index < -0.39 is 9.84 Å². The fourth-order valence-corrected chi connectivity index (χ4v) is 2.98. The molecule has 0 amide bonds. The van der Waals surface area contributed by atoms with Crippen LogP contribution in [0.1, 0.15) is 27.2 Å². The van der Waals surface area contributed by atoms with Gasteiger partial charge in [-0.15, -0.1) is 11.6 Å². The highest BCUT2D eigenvalue weighted by atomic mass is 35.5. The Morgan fingerprint density at radius 1 is 1.21 bits per heavy atom. The van der Waals surface area contributed by atoms with Crippen LogP contribution in [0.5, 0.6) is 0 Å². The molecule has 1 aromatic rings. The molecule has 0 saturated carbocycles. The zero-order valence-corrected chi connectivity index (χ0v) is 13.3. The summed E-state index contributed by atoms with van der Waals surface area (Å²) >= 11 is 5.93. The van der Waals surface area contributed by atoms with Crippen LogP contribution in [-0.4, -0.2) is 26.1 Å². The Bertz CT molecular complexity index is 483. The normalized spacial score (nSPS) is 13.5. The zero-order valence-electron chi connectivity index (χ0n) is 11.7. The summed E-state index contributed by atoms with van der Waals surface area (Å²) in [5, 5.41) is 3.33. The van der Waals surface area contributed by atoms with Gasteiger partial charge in [-0.2, -0.15) is 0 Å². The van der Waals surface area contributed by atoms with Crippen LogP contribution < -0.4 is 5.32 Å². The van der Waals surface area contributed by atoms with Gasteiger partial charge in [0.1, 0.15) is 0 Å². The fourth-order valence-electron chi connectivity index (χ4n) is 1.89. The molecule has 0 heterocycles. The molecule has 1 N–H and O–H groups in total. The van der Waals surface area contributed by atoms with Crippen molar-refractivity contribution in [3.05, 3.63) is 24.3 Å². The van der Waals surface area contributed by atoms with E-state index in [1.807, 2.05) is 0 Å². The van der Waals surface area contributed by atoms with Gasteiger partial charge >= 0.3 is 0 Å². The van der Waals surface area contributed by atoms with Crippen LogP contribution in [0, 0.1) is 5.92 Å². The average Bonchev–Trinajstić information content (AvgIpc) is 2.38. The zero-order chi connectivity index (χ0) is 14.5. The maximum absolute atomic E-state index is 11.7. The minimum Gasteiger partial charge on any atom is -0.381 e. The molecule has 0 aromatic heterocycles. The van der Waals surface area contributed by atoms with E-state index in [1.54, 1.807) is 31.2 Å². The first kappa shape index (κ1) is 16.3. The van der Waals surface area contributed by atoms with Crippen molar-refractivity contribution in [1.29, 1.82) is 0 Å². The van der Waals surface area contributed by atoms with Crippen molar-refractivity contribution in [2.45, 2.75) is 38.1 Å². The first-order valence-electron chi connectivity index (χ1n) is 6.54. The quantitative estimate of drug-likeness (QED) is 0.784. The van der Waals surface area contributed by atoms with Gasteiger partial charge < -0.3 is 5.32 Å². The van der Waals surface area contributed by atoms with Crippen LogP contribution in [-0.2, 0) is 9.84 Å². The summed E-state index contributed by atoms with van der Waals surface area (Å²) in [4.78, 5) is 0.367. The third kappa shape index (κ3) is 5.03.